The zero-order valence-corrected chi connectivity index (χ0v) is 11.9. The molecule has 0 radical (unpaired) electrons. The van der Waals surface area contributed by atoms with Crippen LogP contribution in [0.1, 0.15) is 19.5 Å². The van der Waals surface area contributed by atoms with E-state index >= 15 is 0 Å². The molecule has 1 aromatic heterocycles. The van der Waals surface area contributed by atoms with Gasteiger partial charge in [0.15, 0.2) is 5.69 Å². The molecule has 0 saturated heterocycles. The Bertz CT molecular complexity index is 505. The second kappa shape index (κ2) is 6.55. The van der Waals surface area contributed by atoms with Crippen LogP contribution in [0.15, 0.2) is 12.1 Å². The number of pyridine rings is 1. The van der Waals surface area contributed by atoms with E-state index in [9.17, 15) is 8.42 Å². The molecular formula is C10H19N3O5S. The van der Waals surface area contributed by atoms with Gasteiger partial charge in [-0.1, -0.05) is 0 Å². The standard InChI is InChI=1S/C10H17N3O4S.H2O/c1-4-12(5-2)9-6-8(3)13(10(11)7-9)17-18(14,15)16;/h6-7,11H,4-5H2,1-3H3,(H,14,15,16);1H2. The Morgan fingerprint density at radius 2 is 1.89 bits per heavy atom. The summed E-state index contributed by atoms with van der Waals surface area (Å²) in [5.74, 6) is 0.0922. The van der Waals surface area contributed by atoms with Crippen LogP contribution < -0.4 is 19.6 Å². The van der Waals surface area contributed by atoms with Gasteiger partial charge >= 0.3 is 16.2 Å². The molecule has 0 aliphatic rings. The van der Waals surface area contributed by atoms with Gasteiger partial charge in [0.05, 0.1) is 6.07 Å². The minimum absolute atomic E-state index is 0. The van der Waals surface area contributed by atoms with Crippen molar-refractivity contribution in [1.29, 1.82) is 0 Å². The fourth-order valence-corrected chi connectivity index (χ4v) is 2.09. The average molecular weight is 293 g/mol. The summed E-state index contributed by atoms with van der Waals surface area (Å²) in [6.07, 6.45) is 0. The highest BCUT2D eigenvalue weighted by Crippen LogP contribution is 2.16. The lowest BCUT2D eigenvalue weighted by atomic mass is 10.3. The van der Waals surface area contributed by atoms with Gasteiger partial charge in [-0.2, -0.15) is 12.7 Å². The molecule has 110 valence electrons. The van der Waals surface area contributed by atoms with E-state index in [0.29, 0.717) is 5.69 Å². The third-order valence-electron chi connectivity index (χ3n) is 2.50. The van der Waals surface area contributed by atoms with Crippen molar-refractivity contribution in [2.75, 3.05) is 23.7 Å². The third kappa shape index (κ3) is 4.54. The molecule has 1 rings (SSSR count). The number of nitrogens with zero attached hydrogens (tertiary/aromatic N) is 2. The van der Waals surface area contributed by atoms with Crippen LogP contribution in [0.4, 0.5) is 11.5 Å². The molecule has 0 unspecified atom stereocenters. The van der Waals surface area contributed by atoms with Gasteiger partial charge in [-0.15, -0.1) is 0 Å². The quantitative estimate of drug-likeness (QED) is 0.566. The number of hydrogen-bond donors (Lipinski definition) is 2. The first kappa shape index (κ1) is 17.4. The van der Waals surface area contributed by atoms with Crippen molar-refractivity contribution in [2.24, 2.45) is 0 Å². The van der Waals surface area contributed by atoms with E-state index in [1.54, 1.807) is 19.1 Å². The molecule has 0 atom stereocenters. The van der Waals surface area contributed by atoms with Crippen LogP contribution in [0.5, 0.6) is 0 Å². The summed E-state index contributed by atoms with van der Waals surface area (Å²) >= 11 is 0. The van der Waals surface area contributed by atoms with Gasteiger partial charge in [0.2, 0.25) is 0 Å². The number of nitrogen functional groups attached to an aromatic ring is 1. The molecular weight excluding hydrogens is 274 g/mol. The molecule has 0 fully saturated rings. The van der Waals surface area contributed by atoms with Gasteiger partial charge in [0.1, 0.15) is 0 Å². The lowest BCUT2D eigenvalue weighted by molar-refractivity contribution is -0.849. The molecule has 0 aliphatic carbocycles. The molecule has 0 aromatic carbocycles. The summed E-state index contributed by atoms with van der Waals surface area (Å²) in [5.41, 5.74) is 7.05. The second-order valence-electron chi connectivity index (χ2n) is 3.75. The Labute approximate surface area is 112 Å². The van der Waals surface area contributed by atoms with Gasteiger partial charge in [-0.05, 0) is 18.6 Å². The summed E-state index contributed by atoms with van der Waals surface area (Å²) in [5, 5.41) is 0. The SMILES string of the molecule is CCN(CC)c1cc(C)[n+](OS(=O)(=O)O)c(N)c1.[OH-]. The molecule has 0 bridgehead atoms. The van der Waals surface area contributed by atoms with Crippen molar-refractivity contribution in [2.45, 2.75) is 20.8 Å². The number of anilines is 2. The van der Waals surface area contributed by atoms with Crippen molar-refractivity contribution in [3.63, 3.8) is 0 Å². The number of nitrogens with two attached hydrogens (primary N) is 1. The molecule has 8 nitrogen and oxygen atoms in total. The van der Waals surface area contributed by atoms with Crippen molar-refractivity contribution < 1.29 is 27.5 Å². The van der Waals surface area contributed by atoms with Crippen LogP contribution in [0.25, 0.3) is 0 Å². The smallest absolute Gasteiger partial charge is 0.482 e. The van der Waals surface area contributed by atoms with Gasteiger partial charge in [0.25, 0.3) is 0 Å². The van der Waals surface area contributed by atoms with E-state index in [1.165, 1.54) is 0 Å². The Morgan fingerprint density at radius 3 is 2.26 bits per heavy atom. The highest BCUT2D eigenvalue weighted by Gasteiger charge is 2.20. The summed E-state index contributed by atoms with van der Waals surface area (Å²) in [4.78, 5) is 2.06. The number of rotatable bonds is 5. The van der Waals surface area contributed by atoms with Crippen LogP contribution in [-0.4, -0.2) is 31.5 Å². The highest BCUT2D eigenvalue weighted by atomic mass is 32.3. The van der Waals surface area contributed by atoms with Crippen LogP contribution >= 0.6 is 0 Å². The monoisotopic (exact) mass is 293 g/mol. The van der Waals surface area contributed by atoms with Crippen molar-refractivity contribution in [3.05, 3.63) is 17.8 Å². The maximum Gasteiger partial charge on any atom is 0.482 e. The Kier molecular flexibility index (Phi) is 6.00. The normalized spacial score (nSPS) is 10.7. The van der Waals surface area contributed by atoms with Crippen molar-refractivity contribution >= 4 is 21.9 Å². The molecule has 0 amide bonds. The summed E-state index contributed by atoms with van der Waals surface area (Å²) in [6, 6.07) is 3.32. The first-order valence-electron chi connectivity index (χ1n) is 5.53. The van der Waals surface area contributed by atoms with Gasteiger partial charge in [-0.3, -0.25) is 10.3 Å². The van der Waals surface area contributed by atoms with Crippen LogP contribution in [0.3, 0.4) is 0 Å². The van der Waals surface area contributed by atoms with E-state index in [2.05, 4.69) is 9.18 Å². The maximum absolute atomic E-state index is 10.7. The summed E-state index contributed by atoms with van der Waals surface area (Å²) in [7, 11) is -4.60. The molecule has 0 aliphatic heterocycles. The van der Waals surface area contributed by atoms with Crippen LogP contribution in [-0.2, 0) is 10.4 Å². The largest absolute Gasteiger partial charge is 0.870 e. The Hall–Kier alpha value is -1.58. The average Bonchev–Trinajstić information content (AvgIpc) is 2.24. The lowest BCUT2D eigenvalue weighted by Gasteiger charge is -2.21. The Balaban J connectivity index is 0.00000324. The summed E-state index contributed by atoms with van der Waals surface area (Å²) in [6.45, 7) is 7.25. The minimum atomic E-state index is -4.60. The second-order valence-corrected chi connectivity index (χ2v) is 4.75. The van der Waals surface area contributed by atoms with Crippen molar-refractivity contribution in [3.8, 4) is 0 Å². The molecule has 1 aromatic rings. The van der Waals surface area contributed by atoms with Crippen LogP contribution in [0, 0.1) is 6.92 Å². The van der Waals surface area contributed by atoms with Gasteiger partial charge < -0.3 is 10.4 Å². The zero-order chi connectivity index (χ0) is 13.9. The van der Waals surface area contributed by atoms with E-state index in [4.69, 9.17) is 10.3 Å². The molecule has 9 heteroatoms. The van der Waals surface area contributed by atoms with E-state index in [1.807, 2.05) is 13.8 Å². The predicted molar refractivity (Wildman–Crippen MR) is 69.4 cm³/mol. The molecule has 4 N–H and O–H groups in total. The number of aromatic nitrogens is 1. The minimum Gasteiger partial charge on any atom is -0.870 e. The van der Waals surface area contributed by atoms with E-state index in [-0.39, 0.29) is 11.3 Å². The zero-order valence-electron chi connectivity index (χ0n) is 11.1. The first-order chi connectivity index (χ1) is 8.28. The fraction of sp³-hybridized carbons (Fsp3) is 0.500. The molecule has 0 saturated carbocycles. The Morgan fingerprint density at radius 1 is 1.37 bits per heavy atom. The number of aryl methyl sites for hydroxylation is 1. The first-order valence-corrected chi connectivity index (χ1v) is 6.89. The topological polar surface area (TPSA) is 127 Å². The molecule has 19 heavy (non-hydrogen) atoms. The highest BCUT2D eigenvalue weighted by molar-refractivity contribution is 7.80. The maximum atomic E-state index is 10.7. The van der Waals surface area contributed by atoms with Gasteiger partial charge in [0, 0.05) is 31.8 Å². The predicted octanol–water partition coefficient (Wildman–Crippen LogP) is -0.234. The van der Waals surface area contributed by atoms with Crippen molar-refractivity contribution in [1.82, 2.24) is 0 Å². The van der Waals surface area contributed by atoms with Crippen LogP contribution in [0.2, 0.25) is 0 Å². The lowest BCUT2D eigenvalue weighted by Crippen LogP contribution is -2.50. The van der Waals surface area contributed by atoms with E-state index < -0.39 is 10.4 Å². The third-order valence-corrected chi connectivity index (χ3v) is 2.84. The van der Waals surface area contributed by atoms with E-state index in [0.717, 1.165) is 23.5 Å². The summed E-state index contributed by atoms with van der Waals surface area (Å²) < 4.78 is 35.2. The molecule has 1 heterocycles. The fourth-order valence-electron chi connectivity index (χ4n) is 1.70. The number of hydrogen-bond acceptors (Lipinski definition) is 6. The molecule has 0 spiro atoms. The van der Waals surface area contributed by atoms with Gasteiger partial charge in [-0.25, -0.2) is 0 Å².